The Kier molecular flexibility index (Phi) is 6.87. The van der Waals surface area contributed by atoms with Crippen molar-refractivity contribution in [3.8, 4) is 11.5 Å². The van der Waals surface area contributed by atoms with Crippen molar-refractivity contribution in [3.05, 3.63) is 106 Å². The summed E-state index contributed by atoms with van der Waals surface area (Å²) in [6, 6.07) is 19.3. The van der Waals surface area contributed by atoms with Crippen LogP contribution in [-0.4, -0.2) is 27.8 Å². The van der Waals surface area contributed by atoms with Gasteiger partial charge in [-0.3, -0.25) is 4.79 Å². The van der Waals surface area contributed by atoms with Gasteiger partial charge in [0.05, 0.1) is 12.7 Å². The number of carbonyl (C=O) groups excluding carboxylic acids is 1. The average Bonchev–Trinajstić information content (AvgIpc) is 3.37. The van der Waals surface area contributed by atoms with E-state index in [1.54, 1.807) is 11.8 Å². The number of allylic oxidation sites excluding steroid dienone is 1. The fourth-order valence-electron chi connectivity index (χ4n) is 4.71. The zero-order valence-corrected chi connectivity index (χ0v) is 22.2. The molecule has 0 saturated heterocycles. The van der Waals surface area contributed by atoms with Gasteiger partial charge in [0.25, 0.3) is 5.91 Å². The SMILES string of the molecule is COc1cc(C2C(C(=O)Nc3cccc(C)c3C)=C(C)Nc3ncnn32)ccc1OCc1cccc(C)c1. The number of nitrogens with one attached hydrogen (secondary N) is 2. The average molecular weight is 510 g/mol. The number of ether oxygens (including phenoxy) is 2. The number of fused-ring (bicyclic) bond motifs is 1. The molecule has 1 aliphatic heterocycles. The molecule has 194 valence electrons. The summed E-state index contributed by atoms with van der Waals surface area (Å²) in [5, 5.41) is 10.8. The molecule has 0 saturated carbocycles. The third kappa shape index (κ3) is 4.85. The number of anilines is 2. The van der Waals surface area contributed by atoms with Gasteiger partial charge in [0.1, 0.15) is 19.0 Å². The molecule has 8 nitrogen and oxygen atoms in total. The van der Waals surface area contributed by atoms with Gasteiger partial charge in [-0.1, -0.05) is 48.0 Å². The lowest BCUT2D eigenvalue weighted by atomic mass is 9.94. The van der Waals surface area contributed by atoms with Crippen molar-refractivity contribution in [1.29, 1.82) is 0 Å². The van der Waals surface area contributed by atoms with E-state index in [0.29, 0.717) is 35.3 Å². The van der Waals surface area contributed by atoms with Gasteiger partial charge in [0, 0.05) is 11.4 Å². The van der Waals surface area contributed by atoms with E-state index in [0.717, 1.165) is 27.9 Å². The van der Waals surface area contributed by atoms with E-state index in [1.165, 1.54) is 11.9 Å². The summed E-state index contributed by atoms with van der Waals surface area (Å²) in [5.74, 6) is 1.54. The lowest BCUT2D eigenvalue weighted by molar-refractivity contribution is -0.113. The molecule has 5 rings (SSSR count). The minimum atomic E-state index is -0.515. The minimum absolute atomic E-state index is 0.214. The van der Waals surface area contributed by atoms with Crippen LogP contribution in [0.5, 0.6) is 11.5 Å². The number of amides is 1. The summed E-state index contributed by atoms with van der Waals surface area (Å²) in [4.78, 5) is 18.1. The first-order valence-electron chi connectivity index (χ1n) is 12.5. The second-order valence-corrected chi connectivity index (χ2v) is 9.48. The minimum Gasteiger partial charge on any atom is -0.493 e. The predicted octanol–water partition coefficient (Wildman–Crippen LogP) is 5.72. The van der Waals surface area contributed by atoms with E-state index in [9.17, 15) is 4.79 Å². The van der Waals surface area contributed by atoms with Crippen LogP contribution in [0.4, 0.5) is 11.6 Å². The van der Waals surface area contributed by atoms with Crippen molar-refractivity contribution in [2.45, 2.75) is 40.3 Å². The molecular formula is C30H31N5O3. The quantitative estimate of drug-likeness (QED) is 0.331. The number of nitrogens with zero attached hydrogens (tertiary/aromatic N) is 3. The Morgan fingerprint density at radius 2 is 1.84 bits per heavy atom. The normalized spacial score (nSPS) is 14.5. The Labute approximate surface area is 222 Å². The van der Waals surface area contributed by atoms with Crippen molar-refractivity contribution in [2.75, 3.05) is 17.7 Å². The van der Waals surface area contributed by atoms with Gasteiger partial charge in [-0.25, -0.2) is 4.68 Å². The van der Waals surface area contributed by atoms with Crippen LogP contribution in [0.3, 0.4) is 0 Å². The van der Waals surface area contributed by atoms with Crippen LogP contribution >= 0.6 is 0 Å². The topological polar surface area (TPSA) is 90.3 Å². The van der Waals surface area contributed by atoms with E-state index in [1.807, 2.05) is 69.3 Å². The van der Waals surface area contributed by atoms with E-state index < -0.39 is 6.04 Å². The smallest absolute Gasteiger partial charge is 0.255 e. The van der Waals surface area contributed by atoms with Gasteiger partial charge in [0.2, 0.25) is 5.95 Å². The highest BCUT2D eigenvalue weighted by Crippen LogP contribution is 2.39. The lowest BCUT2D eigenvalue weighted by Gasteiger charge is -2.29. The first kappa shape index (κ1) is 25.1. The summed E-state index contributed by atoms with van der Waals surface area (Å²) in [6.07, 6.45) is 1.48. The molecule has 1 amide bonds. The zero-order valence-electron chi connectivity index (χ0n) is 22.2. The lowest BCUT2D eigenvalue weighted by Crippen LogP contribution is -2.31. The number of hydrogen-bond acceptors (Lipinski definition) is 6. The number of rotatable bonds is 7. The summed E-state index contributed by atoms with van der Waals surface area (Å²) >= 11 is 0. The Hall–Kier alpha value is -4.59. The van der Waals surface area contributed by atoms with E-state index in [2.05, 4.69) is 39.8 Å². The van der Waals surface area contributed by atoms with Crippen LogP contribution in [0.25, 0.3) is 0 Å². The number of carbonyl (C=O) groups is 1. The maximum Gasteiger partial charge on any atom is 0.255 e. The van der Waals surface area contributed by atoms with Crippen molar-refractivity contribution in [1.82, 2.24) is 14.8 Å². The Bertz CT molecular complexity index is 1540. The molecular weight excluding hydrogens is 478 g/mol. The molecule has 2 N–H and O–H groups in total. The van der Waals surface area contributed by atoms with Crippen LogP contribution < -0.4 is 20.1 Å². The first-order chi connectivity index (χ1) is 18.4. The number of aryl methyl sites for hydroxylation is 2. The van der Waals surface area contributed by atoms with Gasteiger partial charge >= 0.3 is 0 Å². The summed E-state index contributed by atoms with van der Waals surface area (Å²) < 4.78 is 13.5. The Balaban J connectivity index is 1.48. The number of hydrogen-bond donors (Lipinski definition) is 2. The predicted molar refractivity (Wildman–Crippen MR) is 148 cm³/mol. The van der Waals surface area contributed by atoms with Crippen LogP contribution in [-0.2, 0) is 11.4 Å². The molecule has 38 heavy (non-hydrogen) atoms. The van der Waals surface area contributed by atoms with E-state index in [4.69, 9.17) is 9.47 Å². The summed E-state index contributed by atoms with van der Waals surface area (Å²) in [7, 11) is 1.61. The van der Waals surface area contributed by atoms with Crippen LogP contribution in [0.15, 0.2) is 78.3 Å². The number of benzene rings is 3. The van der Waals surface area contributed by atoms with Gasteiger partial charge in [-0.2, -0.15) is 10.1 Å². The van der Waals surface area contributed by atoms with Crippen molar-refractivity contribution in [3.63, 3.8) is 0 Å². The molecule has 1 aliphatic rings. The molecule has 0 aliphatic carbocycles. The molecule has 0 bridgehead atoms. The van der Waals surface area contributed by atoms with Crippen LogP contribution in [0.2, 0.25) is 0 Å². The molecule has 2 heterocycles. The van der Waals surface area contributed by atoms with Crippen molar-refractivity contribution < 1.29 is 14.3 Å². The van der Waals surface area contributed by atoms with Gasteiger partial charge in [-0.15, -0.1) is 0 Å². The maximum atomic E-state index is 13.7. The molecule has 3 aromatic carbocycles. The molecule has 1 unspecified atom stereocenters. The van der Waals surface area contributed by atoms with E-state index >= 15 is 0 Å². The van der Waals surface area contributed by atoms with Crippen molar-refractivity contribution >= 4 is 17.5 Å². The molecule has 8 heteroatoms. The number of methoxy groups -OCH3 is 1. The van der Waals surface area contributed by atoms with Gasteiger partial charge in [0.15, 0.2) is 11.5 Å². The first-order valence-corrected chi connectivity index (χ1v) is 12.5. The third-order valence-electron chi connectivity index (χ3n) is 6.87. The van der Waals surface area contributed by atoms with Crippen molar-refractivity contribution in [2.24, 2.45) is 0 Å². The summed E-state index contributed by atoms with van der Waals surface area (Å²) in [5.41, 5.74) is 7.23. The Morgan fingerprint density at radius 3 is 2.63 bits per heavy atom. The maximum absolute atomic E-state index is 13.7. The highest BCUT2D eigenvalue weighted by molar-refractivity contribution is 6.06. The summed E-state index contributed by atoms with van der Waals surface area (Å²) in [6.45, 7) is 8.37. The standard InChI is InChI=1S/C30H31N5O3/c1-18-8-6-10-22(14-18)16-38-25-13-12-23(15-26(25)37-5)28-27(21(4)33-30-31-17-32-35(28)30)29(36)34-24-11-7-9-19(2)20(24)3/h6-15,17,28H,16H2,1-5H3,(H,34,36)(H,31,32,33). The fraction of sp³-hybridized carbons (Fsp3) is 0.233. The molecule has 0 radical (unpaired) electrons. The molecule has 0 spiro atoms. The highest BCUT2D eigenvalue weighted by Gasteiger charge is 2.34. The van der Waals surface area contributed by atoms with Gasteiger partial charge in [-0.05, 0) is 68.1 Å². The number of aromatic nitrogens is 3. The largest absolute Gasteiger partial charge is 0.493 e. The second-order valence-electron chi connectivity index (χ2n) is 9.48. The van der Waals surface area contributed by atoms with E-state index in [-0.39, 0.29) is 5.91 Å². The zero-order chi connectivity index (χ0) is 26.8. The third-order valence-corrected chi connectivity index (χ3v) is 6.87. The van der Waals surface area contributed by atoms with Gasteiger partial charge < -0.3 is 20.1 Å². The molecule has 0 fully saturated rings. The molecule has 1 atom stereocenters. The second kappa shape index (κ2) is 10.4. The molecule has 4 aromatic rings. The van der Waals surface area contributed by atoms with Crippen LogP contribution in [0.1, 0.15) is 40.8 Å². The Morgan fingerprint density at radius 1 is 1.03 bits per heavy atom. The fourth-order valence-corrected chi connectivity index (χ4v) is 4.71. The monoisotopic (exact) mass is 509 g/mol. The molecule has 1 aromatic heterocycles. The highest BCUT2D eigenvalue weighted by atomic mass is 16.5. The van der Waals surface area contributed by atoms with Crippen LogP contribution in [0, 0.1) is 20.8 Å².